The number of hydrogen-bond donors (Lipinski definition) is 0. The van der Waals surface area contributed by atoms with Gasteiger partial charge < -0.3 is 9.47 Å². The Morgan fingerprint density at radius 3 is 2.42 bits per heavy atom. The predicted molar refractivity (Wildman–Crippen MR) is 123 cm³/mol. The molecule has 0 saturated carbocycles. The highest BCUT2D eigenvalue weighted by atomic mass is 32.2. The summed E-state index contributed by atoms with van der Waals surface area (Å²) in [6.07, 6.45) is -4.59. The van der Waals surface area contributed by atoms with Gasteiger partial charge in [0.1, 0.15) is 0 Å². The van der Waals surface area contributed by atoms with Crippen molar-refractivity contribution in [3.8, 4) is 11.5 Å². The van der Waals surface area contributed by atoms with Gasteiger partial charge in [0.05, 0.1) is 29.1 Å². The van der Waals surface area contributed by atoms with Crippen LogP contribution in [0.5, 0.6) is 11.5 Å². The molecule has 0 atom stereocenters. The first-order valence-corrected chi connectivity index (χ1v) is 12.0. The first-order chi connectivity index (χ1) is 17.1. The molecule has 0 fully saturated rings. The number of para-hydroxylation sites is 1. The molecule has 0 aliphatic carbocycles. The number of rotatable bonds is 7. The number of hydrogen-bond acceptors (Lipinski definition) is 6. The van der Waals surface area contributed by atoms with Crippen molar-refractivity contribution in [3.05, 3.63) is 83.4 Å². The van der Waals surface area contributed by atoms with Crippen molar-refractivity contribution in [2.24, 2.45) is 10.2 Å². The smallest absolute Gasteiger partial charge is 0.416 e. The molecule has 0 radical (unpaired) electrons. The van der Waals surface area contributed by atoms with E-state index in [0.29, 0.717) is 34.8 Å². The summed E-state index contributed by atoms with van der Waals surface area (Å²) in [4.78, 5) is 11.9. The maximum Gasteiger partial charge on any atom is 0.416 e. The Balaban J connectivity index is 1.46. The lowest BCUT2D eigenvalue weighted by Gasteiger charge is -2.22. The molecule has 36 heavy (non-hydrogen) atoms. The van der Waals surface area contributed by atoms with Gasteiger partial charge in [-0.2, -0.15) is 18.3 Å². The van der Waals surface area contributed by atoms with Crippen molar-refractivity contribution < 1.29 is 35.9 Å². The number of alkyl halides is 3. The molecule has 1 aliphatic heterocycles. The number of fused-ring (bicyclic) bond motifs is 1. The molecule has 12 heteroatoms. The van der Waals surface area contributed by atoms with Crippen LogP contribution in [0.4, 0.5) is 18.9 Å². The molecule has 0 aromatic heterocycles. The number of halogens is 3. The summed E-state index contributed by atoms with van der Waals surface area (Å²) in [5, 5.41) is 7.62. The van der Waals surface area contributed by atoms with Crippen molar-refractivity contribution in [1.82, 2.24) is 0 Å². The summed E-state index contributed by atoms with van der Waals surface area (Å²) in [6, 6.07) is 14.8. The maximum absolute atomic E-state index is 13.0. The van der Waals surface area contributed by atoms with Crippen molar-refractivity contribution >= 4 is 21.6 Å². The van der Waals surface area contributed by atoms with Gasteiger partial charge in [0.2, 0.25) is 6.79 Å². The monoisotopic (exact) mass is 519 g/mol. The molecule has 0 saturated heterocycles. The van der Waals surface area contributed by atoms with Gasteiger partial charge >= 0.3 is 6.18 Å². The fraction of sp³-hybridized carbons (Fsp3) is 0.208. The molecular weight excluding hydrogens is 499 g/mol. The first-order valence-electron chi connectivity index (χ1n) is 10.6. The van der Waals surface area contributed by atoms with Crippen LogP contribution >= 0.6 is 0 Å². The second-order valence-corrected chi connectivity index (χ2v) is 9.75. The Bertz CT molecular complexity index is 1410. The summed E-state index contributed by atoms with van der Waals surface area (Å²) >= 11 is 0. The summed E-state index contributed by atoms with van der Waals surface area (Å²) in [6.45, 7) is 0.0325. The number of sulfonamides is 1. The number of azo groups is 1. The number of anilines is 1. The summed E-state index contributed by atoms with van der Waals surface area (Å²) in [5.74, 6) is 0.639. The Labute approximate surface area is 205 Å². The standard InChI is InChI=1S/C24H20F3N3O5S/c1-30(36(32,33)19-9-7-18(8-10-19)24(25,26)27)20-5-3-2-4-17(20)14-28-29-23(31)13-16-6-11-21-22(12-16)35-15-34-21/h2-12H,13-15H2,1H3. The second kappa shape index (κ2) is 9.97. The van der Waals surface area contributed by atoms with Gasteiger partial charge in [0, 0.05) is 7.05 Å². The quantitative estimate of drug-likeness (QED) is 0.410. The van der Waals surface area contributed by atoms with Crippen LogP contribution in [0.1, 0.15) is 16.7 Å². The third-order valence-corrected chi connectivity index (χ3v) is 7.17. The highest BCUT2D eigenvalue weighted by Crippen LogP contribution is 2.33. The first kappa shape index (κ1) is 25.2. The molecule has 1 amide bonds. The molecule has 3 aromatic rings. The van der Waals surface area contributed by atoms with E-state index in [1.54, 1.807) is 36.4 Å². The van der Waals surface area contributed by atoms with Crippen LogP contribution in [0.25, 0.3) is 0 Å². The van der Waals surface area contributed by atoms with Gasteiger partial charge in [0.15, 0.2) is 11.5 Å². The van der Waals surface area contributed by atoms with Crippen LogP contribution in [-0.4, -0.2) is 28.2 Å². The average molecular weight is 520 g/mol. The van der Waals surface area contributed by atoms with E-state index in [9.17, 15) is 26.4 Å². The maximum atomic E-state index is 13.0. The molecule has 0 bridgehead atoms. The van der Waals surface area contributed by atoms with E-state index >= 15 is 0 Å². The van der Waals surface area contributed by atoms with E-state index in [-0.39, 0.29) is 30.3 Å². The lowest BCUT2D eigenvalue weighted by atomic mass is 10.1. The number of carbonyl (C=O) groups excluding carboxylic acids is 1. The van der Waals surface area contributed by atoms with Crippen LogP contribution in [-0.2, 0) is 34.0 Å². The Morgan fingerprint density at radius 1 is 1.00 bits per heavy atom. The van der Waals surface area contributed by atoms with E-state index in [2.05, 4.69) is 10.2 Å². The minimum absolute atomic E-state index is 0.00993. The third-order valence-electron chi connectivity index (χ3n) is 5.39. The van der Waals surface area contributed by atoms with Gasteiger partial charge in [-0.25, -0.2) is 8.42 Å². The fourth-order valence-corrected chi connectivity index (χ4v) is 4.74. The van der Waals surface area contributed by atoms with Crippen LogP contribution < -0.4 is 13.8 Å². The third kappa shape index (κ3) is 5.48. The van der Waals surface area contributed by atoms with E-state index in [1.165, 1.54) is 13.1 Å². The van der Waals surface area contributed by atoms with E-state index in [0.717, 1.165) is 16.4 Å². The molecular formula is C24H20F3N3O5S. The number of ether oxygens (including phenoxy) is 2. The largest absolute Gasteiger partial charge is 0.454 e. The molecule has 4 rings (SSSR count). The topological polar surface area (TPSA) is 97.6 Å². The highest BCUT2D eigenvalue weighted by Gasteiger charge is 2.31. The zero-order valence-corrected chi connectivity index (χ0v) is 19.7. The van der Waals surface area contributed by atoms with E-state index in [1.807, 2.05) is 0 Å². The van der Waals surface area contributed by atoms with Gasteiger partial charge in [-0.05, 0) is 53.6 Å². The van der Waals surface area contributed by atoms with Crippen LogP contribution in [0.2, 0.25) is 0 Å². The molecule has 1 aliphatic rings. The summed E-state index contributed by atoms with van der Waals surface area (Å²) in [7, 11) is -2.87. The minimum Gasteiger partial charge on any atom is -0.454 e. The molecule has 0 spiro atoms. The predicted octanol–water partition coefficient (Wildman–Crippen LogP) is 4.98. The van der Waals surface area contributed by atoms with Crippen molar-refractivity contribution in [2.75, 3.05) is 18.1 Å². The molecule has 3 aromatic carbocycles. The normalized spacial score (nSPS) is 13.2. The van der Waals surface area contributed by atoms with Gasteiger partial charge in [0.25, 0.3) is 15.9 Å². The molecule has 0 N–H and O–H groups in total. The zero-order chi connectivity index (χ0) is 25.9. The van der Waals surface area contributed by atoms with Crippen LogP contribution in [0.3, 0.4) is 0 Å². The van der Waals surface area contributed by atoms with E-state index in [4.69, 9.17) is 9.47 Å². The summed E-state index contributed by atoms with van der Waals surface area (Å²) < 4.78 is 76.0. The molecule has 188 valence electrons. The zero-order valence-electron chi connectivity index (χ0n) is 18.9. The SMILES string of the molecule is CN(c1ccccc1CN=NC(=O)Cc1ccc2c(c1)OCO2)S(=O)(=O)c1ccc(C(F)(F)F)cc1. The number of carbonyl (C=O) groups is 1. The Morgan fingerprint density at radius 2 is 1.69 bits per heavy atom. The molecule has 1 heterocycles. The lowest BCUT2D eigenvalue weighted by molar-refractivity contribution is -0.137. The number of benzene rings is 3. The average Bonchev–Trinajstić information content (AvgIpc) is 3.31. The fourth-order valence-electron chi connectivity index (χ4n) is 3.51. The molecule has 0 unspecified atom stereocenters. The summed E-state index contributed by atoms with van der Waals surface area (Å²) in [5.41, 5.74) is 0.427. The van der Waals surface area contributed by atoms with Crippen molar-refractivity contribution in [2.45, 2.75) is 24.0 Å². The van der Waals surface area contributed by atoms with Crippen LogP contribution in [0, 0.1) is 0 Å². The van der Waals surface area contributed by atoms with Crippen molar-refractivity contribution in [3.63, 3.8) is 0 Å². The Hall–Kier alpha value is -3.93. The number of nitrogens with zero attached hydrogens (tertiary/aromatic N) is 3. The van der Waals surface area contributed by atoms with Gasteiger partial charge in [-0.3, -0.25) is 9.10 Å². The van der Waals surface area contributed by atoms with Crippen LogP contribution in [0.15, 0.2) is 81.9 Å². The highest BCUT2D eigenvalue weighted by molar-refractivity contribution is 7.92. The van der Waals surface area contributed by atoms with Gasteiger partial charge in [-0.15, -0.1) is 5.11 Å². The van der Waals surface area contributed by atoms with E-state index < -0.39 is 27.7 Å². The lowest BCUT2D eigenvalue weighted by Crippen LogP contribution is -2.27. The van der Waals surface area contributed by atoms with Crippen molar-refractivity contribution in [1.29, 1.82) is 0 Å². The van der Waals surface area contributed by atoms with Gasteiger partial charge in [-0.1, -0.05) is 24.3 Å². The molecule has 8 nitrogen and oxygen atoms in total. The minimum atomic E-state index is -4.58. The second-order valence-electron chi connectivity index (χ2n) is 7.78. The number of amides is 1. The Kier molecular flexibility index (Phi) is 6.97.